The lowest BCUT2D eigenvalue weighted by molar-refractivity contribution is -0.138. The van der Waals surface area contributed by atoms with Gasteiger partial charge in [-0.2, -0.15) is 0 Å². The number of rotatable bonds is 0. The van der Waals surface area contributed by atoms with Gasteiger partial charge < -0.3 is 20.7 Å². The highest BCUT2D eigenvalue weighted by atomic mass is 16.4. The Kier molecular flexibility index (Phi) is 9.31. The zero-order valence-electron chi connectivity index (χ0n) is 23.0. The topological polar surface area (TPSA) is 113 Å². The molecule has 1 fully saturated rings. The molecule has 0 aromatic heterocycles. The van der Waals surface area contributed by atoms with Crippen molar-refractivity contribution in [2.24, 2.45) is 17.7 Å². The number of hydrogen-bond acceptors (Lipinski definition) is 5. The summed E-state index contributed by atoms with van der Waals surface area (Å²) in [6.07, 6.45) is 11.1. The molecule has 8 rings (SSSR count). The summed E-state index contributed by atoms with van der Waals surface area (Å²) in [6.45, 7) is 5.62. The molecule has 0 spiro atoms. The van der Waals surface area contributed by atoms with Crippen LogP contribution in [0.2, 0.25) is 0 Å². The van der Waals surface area contributed by atoms with Crippen LogP contribution >= 0.6 is 0 Å². The number of carbonyl (C=O) groups excluding carboxylic acids is 1. The van der Waals surface area contributed by atoms with E-state index in [1.54, 1.807) is 0 Å². The van der Waals surface area contributed by atoms with Crippen molar-refractivity contribution in [1.82, 2.24) is 4.90 Å². The van der Waals surface area contributed by atoms with Gasteiger partial charge in [-0.1, -0.05) is 43.5 Å². The Morgan fingerprint density at radius 2 is 1.66 bits per heavy atom. The summed E-state index contributed by atoms with van der Waals surface area (Å²) in [5.74, 6) is 6.98. The predicted molar refractivity (Wildman–Crippen MR) is 153 cm³/mol. The van der Waals surface area contributed by atoms with E-state index in [-0.39, 0.29) is 5.92 Å². The summed E-state index contributed by atoms with van der Waals surface area (Å²) in [5.41, 5.74) is 14.6. The number of carboxylic acid groups (broad SMARTS) is 1. The van der Waals surface area contributed by atoms with Crippen LogP contribution in [-0.2, 0) is 29.0 Å². The molecule has 6 aliphatic rings. The van der Waals surface area contributed by atoms with Crippen molar-refractivity contribution in [1.29, 1.82) is 0 Å². The summed E-state index contributed by atoms with van der Waals surface area (Å²) >= 11 is 0. The first-order valence-corrected chi connectivity index (χ1v) is 14.2. The molecule has 7 heteroatoms. The number of benzene rings is 2. The number of nitrogens with zero attached hydrogens (tertiary/aromatic N) is 2. The van der Waals surface area contributed by atoms with Crippen LogP contribution < -0.4 is 16.6 Å². The first-order chi connectivity index (χ1) is 18.2. The lowest BCUT2D eigenvalue weighted by Gasteiger charge is -2.35. The van der Waals surface area contributed by atoms with Gasteiger partial charge in [0.05, 0.1) is 11.4 Å². The van der Waals surface area contributed by atoms with E-state index in [2.05, 4.69) is 42.2 Å². The first kappa shape index (κ1) is 28.0. The Labute approximate surface area is 227 Å². The Balaban J connectivity index is 0.000000786. The quantitative estimate of drug-likeness (QED) is 0.325. The summed E-state index contributed by atoms with van der Waals surface area (Å²) in [6, 6.07) is 11.1. The van der Waals surface area contributed by atoms with Crippen molar-refractivity contribution >= 4 is 23.3 Å². The number of carbonyl (C=O) groups is 2. The summed E-state index contributed by atoms with van der Waals surface area (Å²) in [7, 11) is 0. The standard InChI is InChI=1S/C29H40N4O.C2H4O2/c1-20-25-12-13-27(28(20)30)33(31)15-4-2-3-5-21-6-10-24(11-7-21)29(34)32-16-14-23-9-8-22(17-25)18-26(23)19-32;1-2(3)4/h8-9,12-13,18,21,24H,2-7,10-11,14-17,19,30-31H2,1H3;1H3,(H,3,4). The molecular weight excluding hydrogens is 476 g/mol. The number of carboxylic acids is 1. The van der Waals surface area contributed by atoms with Gasteiger partial charge in [0.15, 0.2) is 0 Å². The number of hydrazine groups is 1. The average molecular weight is 521 g/mol. The van der Waals surface area contributed by atoms with Crippen molar-refractivity contribution < 1.29 is 14.7 Å². The highest BCUT2D eigenvalue weighted by molar-refractivity contribution is 5.79. The Hall–Kier alpha value is -3.06. The van der Waals surface area contributed by atoms with Crippen LogP contribution in [0, 0.1) is 18.8 Å². The third-order valence-electron chi connectivity index (χ3n) is 8.61. The predicted octanol–water partition coefficient (Wildman–Crippen LogP) is 5.20. The van der Waals surface area contributed by atoms with E-state index in [0.717, 1.165) is 81.5 Å². The van der Waals surface area contributed by atoms with E-state index in [0.29, 0.717) is 5.91 Å². The first-order valence-electron chi connectivity index (χ1n) is 14.2. The molecule has 0 atom stereocenters. The maximum atomic E-state index is 13.4. The van der Waals surface area contributed by atoms with Gasteiger partial charge in [0.25, 0.3) is 5.97 Å². The number of amides is 1. The fraction of sp³-hybridized carbons (Fsp3) is 0.548. The lowest BCUT2D eigenvalue weighted by atomic mass is 9.79. The molecule has 5 aliphatic heterocycles. The normalized spacial score (nSPS) is 22.0. The summed E-state index contributed by atoms with van der Waals surface area (Å²) < 4.78 is 0. The van der Waals surface area contributed by atoms with Crippen molar-refractivity contribution in [3.63, 3.8) is 0 Å². The van der Waals surface area contributed by atoms with Gasteiger partial charge in [0, 0.05) is 32.5 Å². The van der Waals surface area contributed by atoms with Crippen LogP contribution in [0.5, 0.6) is 0 Å². The SMILES string of the molecule is CC(=O)O.Cc1c2ccc(c1N)N(N)CCCCCC1CCC(CC1)C(=O)N1CCc3ccc(cc3C1)C2. The third kappa shape index (κ3) is 6.87. The molecule has 1 amide bonds. The molecule has 5 heterocycles. The van der Waals surface area contributed by atoms with Gasteiger partial charge in [-0.05, 0) is 91.7 Å². The van der Waals surface area contributed by atoms with Crippen LogP contribution in [0.1, 0.15) is 86.1 Å². The van der Waals surface area contributed by atoms with E-state index in [1.807, 2.05) is 5.01 Å². The van der Waals surface area contributed by atoms with Crippen molar-refractivity contribution in [3.8, 4) is 0 Å². The zero-order chi connectivity index (χ0) is 27.2. The van der Waals surface area contributed by atoms with Gasteiger partial charge >= 0.3 is 0 Å². The lowest BCUT2D eigenvalue weighted by Crippen LogP contribution is -2.40. The number of anilines is 2. The fourth-order valence-corrected chi connectivity index (χ4v) is 6.30. The van der Waals surface area contributed by atoms with Crippen LogP contribution in [0.25, 0.3) is 0 Å². The van der Waals surface area contributed by atoms with E-state index < -0.39 is 5.97 Å². The Morgan fingerprint density at radius 3 is 2.39 bits per heavy atom. The van der Waals surface area contributed by atoms with E-state index in [4.69, 9.17) is 21.5 Å². The molecule has 7 bridgehead atoms. The molecule has 5 N–H and O–H groups in total. The highest BCUT2D eigenvalue weighted by Crippen LogP contribution is 2.35. The number of hydrogen-bond donors (Lipinski definition) is 3. The average Bonchev–Trinajstić information content (AvgIpc) is 2.90. The molecule has 0 saturated heterocycles. The molecular formula is C31H44N4O3. The van der Waals surface area contributed by atoms with E-state index in [9.17, 15) is 4.79 Å². The van der Waals surface area contributed by atoms with Crippen molar-refractivity contribution in [3.05, 3.63) is 58.1 Å². The molecule has 7 nitrogen and oxygen atoms in total. The Bertz CT molecular complexity index is 1140. The van der Waals surface area contributed by atoms with Crippen LogP contribution in [0.3, 0.4) is 0 Å². The minimum atomic E-state index is -0.833. The molecule has 0 unspecified atom stereocenters. The van der Waals surface area contributed by atoms with Gasteiger partial charge in [0.2, 0.25) is 5.91 Å². The molecule has 2 aromatic carbocycles. The van der Waals surface area contributed by atoms with Crippen molar-refractivity contribution in [2.75, 3.05) is 23.8 Å². The molecule has 1 aliphatic carbocycles. The smallest absolute Gasteiger partial charge is 0.300 e. The Morgan fingerprint density at radius 1 is 0.947 bits per heavy atom. The second kappa shape index (κ2) is 12.7. The fourth-order valence-electron chi connectivity index (χ4n) is 6.30. The molecule has 1 saturated carbocycles. The number of nitrogens with two attached hydrogens (primary N) is 2. The highest BCUT2D eigenvalue weighted by Gasteiger charge is 2.31. The van der Waals surface area contributed by atoms with Crippen LogP contribution in [0.15, 0.2) is 30.3 Å². The minimum absolute atomic E-state index is 0.227. The van der Waals surface area contributed by atoms with E-state index >= 15 is 0 Å². The molecule has 0 radical (unpaired) electrons. The molecule has 38 heavy (non-hydrogen) atoms. The second-order valence-corrected chi connectivity index (χ2v) is 11.4. The minimum Gasteiger partial charge on any atom is -0.481 e. The van der Waals surface area contributed by atoms with Crippen LogP contribution in [-0.4, -0.2) is 35.0 Å². The zero-order valence-corrected chi connectivity index (χ0v) is 23.0. The van der Waals surface area contributed by atoms with Crippen LogP contribution in [0.4, 0.5) is 11.4 Å². The largest absolute Gasteiger partial charge is 0.481 e. The van der Waals surface area contributed by atoms with Gasteiger partial charge in [0.1, 0.15) is 0 Å². The number of aliphatic carboxylic acids is 1. The molecule has 2 aromatic rings. The third-order valence-corrected chi connectivity index (χ3v) is 8.61. The monoisotopic (exact) mass is 520 g/mol. The molecule has 206 valence electrons. The van der Waals surface area contributed by atoms with Gasteiger partial charge in [-0.15, -0.1) is 0 Å². The van der Waals surface area contributed by atoms with Gasteiger partial charge in [-0.3, -0.25) is 9.59 Å². The summed E-state index contributed by atoms with van der Waals surface area (Å²) in [4.78, 5) is 24.5. The van der Waals surface area contributed by atoms with Crippen molar-refractivity contribution in [2.45, 2.75) is 84.6 Å². The summed E-state index contributed by atoms with van der Waals surface area (Å²) in [5, 5.41) is 9.25. The van der Waals surface area contributed by atoms with E-state index in [1.165, 1.54) is 54.4 Å². The maximum Gasteiger partial charge on any atom is 0.300 e. The number of nitrogen functional groups attached to an aromatic ring is 1. The van der Waals surface area contributed by atoms with Gasteiger partial charge in [-0.25, -0.2) is 5.84 Å². The second-order valence-electron chi connectivity index (χ2n) is 11.4. The maximum absolute atomic E-state index is 13.4.